The smallest absolute Gasteiger partial charge is 0.418 e. The van der Waals surface area contributed by atoms with Crippen LogP contribution >= 0.6 is 0 Å². The van der Waals surface area contributed by atoms with Crippen molar-refractivity contribution in [1.82, 2.24) is 0 Å². The average molecular weight is 388 g/mol. The molecule has 0 spiro atoms. The number of benzene rings is 1. The van der Waals surface area contributed by atoms with Crippen LogP contribution in [0.1, 0.15) is 11.1 Å². The number of hydrogen-bond acceptors (Lipinski definition) is 7. The summed E-state index contributed by atoms with van der Waals surface area (Å²) in [7, 11) is 1.94. The van der Waals surface area contributed by atoms with E-state index in [-0.39, 0.29) is 0 Å². The molecule has 1 aromatic rings. The number of alkyl halides is 3. The summed E-state index contributed by atoms with van der Waals surface area (Å²) in [5, 5.41) is 9.17. The third-order valence-electron chi connectivity index (χ3n) is 3.65. The van der Waals surface area contributed by atoms with E-state index in [0.29, 0.717) is 17.0 Å². The van der Waals surface area contributed by atoms with Crippen molar-refractivity contribution in [3.05, 3.63) is 40.3 Å². The van der Waals surface area contributed by atoms with Crippen molar-refractivity contribution >= 4 is 17.6 Å². The lowest BCUT2D eigenvalue weighted by Crippen LogP contribution is -2.40. The molecule has 0 aromatic heterocycles. The number of carbonyl (C=O) groups is 2. The number of anilines is 1. The second-order valence-electron chi connectivity index (χ2n) is 5.14. The van der Waals surface area contributed by atoms with Crippen molar-refractivity contribution in [2.75, 3.05) is 32.5 Å². The highest BCUT2D eigenvalue weighted by molar-refractivity contribution is 6.03. The predicted molar refractivity (Wildman–Crippen MR) is 80.5 cm³/mol. The molecular formula is C16H12F4N2O5. The number of carbonyl (C=O) groups excluding carboxylic acids is 2. The van der Waals surface area contributed by atoms with Gasteiger partial charge in [-0.25, -0.2) is 14.0 Å². The summed E-state index contributed by atoms with van der Waals surface area (Å²) in [6.45, 7) is -1.11. The van der Waals surface area contributed by atoms with Crippen LogP contribution in [0.5, 0.6) is 0 Å². The Hall–Kier alpha value is -3.13. The number of nitrogens with zero attached hydrogens (tertiary/aromatic N) is 2. The average Bonchev–Trinajstić information content (AvgIpc) is 2.64. The molecule has 1 aliphatic rings. The molecule has 0 saturated carbocycles. The van der Waals surface area contributed by atoms with Gasteiger partial charge < -0.3 is 19.1 Å². The number of esters is 2. The molecule has 0 amide bonds. The second-order valence-corrected chi connectivity index (χ2v) is 5.14. The molecule has 2 rings (SSSR count). The Morgan fingerprint density at radius 3 is 2.37 bits per heavy atom. The van der Waals surface area contributed by atoms with Crippen LogP contribution in [-0.4, -0.2) is 39.5 Å². The molecule has 0 atom stereocenters. The second kappa shape index (κ2) is 7.63. The molecule has 0 radical (unpaired) electrons. The van der Waals surface area contributed by atoms with Gasteiger partial charge in [-0.2, -0.15) is 18.4 Å². The Balaban J connectivity index is 2.86. The van der Waals surface area contributed by atoms with Crippen LogP contribution < -0.4 is 4.90 Å². The van der Waals surface area contributed by atoms with E-state index < -0.39 is 65.4 Å². The van der Waals surface area contributed by atoms with Gasteiger partial charge in [0.1, 0.15) is 29.9 Å². The first-order chi connectivity index (χ1) is 12.7. The van der Waals surface area contributed by atoms with E-state index in [1.54, 1.807) is 0 Å². The Morgan fingerprint density at radius 1 is 1.22 bits per heavy atom. The van der Waals surface area contributed by atoms with Gasteiger partial charge in [0, 0.05) is 0 Å². The summed E-state index contributed by atoms with van der Waals surface area (Å²) in [5.41, 5.74) is -4.40. The Morgan fingerprint density at radius 2 is 1.85 bits per heavy atom. The third kappa shape index (κ3) is 3.70. The highest BCUT2D eigenvalue weighted by atomic mass is 19.4. The minimum atomic E-state index is -4.99. The van der Waals surface area contributed by atoms with E-state index in [1.165, 1.54) is 6.07 Å². The summed E-state index contributed by atoms with van der Waals surface area (Å²) in [4.78, 5) is 24.7. The van der Waals surface area contributed by atoms with Crippen molar-refractivity contribution in [1.29, 1.82) is 5.26 Å². The lowest BCUT2D eigenvalue weighted by atomic mass is 10.0. The third-order valence-corrected chi connectivity index (χ3v) is 3.65. The zero-order valence-corrected chi connectivity index (χ0v) is 14.0. The van der Waals surface area contributed by atoms with Crippen molar-refractivity contribution in [3.8, 4) is 6.07 Å². The lowest BCUT2D eigenvalue weighted by Gasteiger charge is -2.33. The standard InChI is InChI=1S/C16H12F4N2O5/c1-25-14(23)9-6-27-7-22(13(9)15(24)26-2)12-8(5-21)11(17)4-3-10(12)16(18,19)20/h3-4H,6-7H2,1-2H3. The van der Waals surface area contributed by atoms with E-state index in [2.05, 4.69) is 9.47 Å². The first-order valence-corrected chi connectivity index (χ1v) is 7.22. The normalized spacial score (nSPS) is 14.6. The van der Waals surface area contributed by atoms with Crippen molar-refractivity contribution < 1.29 is 41.4 Å². The Bertz CT molecular complexity index is 858. The van der Waals surface area contributed by atoms with Gasteiger partial charge in [0.2, 0.25) is 0 Å². The van der Waals surface area contributed by atoms with Crippen LogP contribution in [0, 0.1) is 17.1 Å². The van der Waals surface area contributed by atoms with E-state index in [1.807, 2.05) is 0 Å². The summed E-state index contributed by atoms with van der Waals surface area (Å²) in [5.74, 6) is -3.47. The number of nitriles is 1. The van der Waals surface area contributed by atoms with E-state index in [0.717, 1.165) is 14.2 Å². The fourth-order valence-corrected chi connectivity index (χ4v) is 2.50. The molecule has 0 saturated heterocycles. The van der Waals surface area contributed by atoms with Gasteiger partial charge in [0.25, 0.3) is 0 Å². The zero-order valence-electron chi connectivity index (χ0n) is 14.0. The number of hydrogen-bond donors (Lipinski definition) is 0. The molecule has 144 valence electrons. The van der Waals surface area contributed by atoms with Crippen molar-refractivity contribution in [2.45, 2.75) is 6.18 Å². The SMILES string of the molecule is COC(=O)C1=C(C(=O)OC)N(c2c(C(F)(F)F)ccc(F)c2C#N)COC1. The molecule has 11 heteroatoms. The van der Waals surface area contributed by atoms with Gasteiger partial charge in [-0.15, -0.1) is 0 Å². The van der Waals surface area contributed by atoms with Gasteiger partial charge in [-0.1, -0.05) is 0 Å². The summed E-state index contributed by atoms with van der Waals surface area (Å²) in [6.07, 6.45) is -4.99. The molecule has 0 bridgehead atoms. The highest BCUT2D eigenvalue weighted by Crippen LogP contribution is 2.41. The Labute approximate surface area is 150 Å². The highest BCUT2D eigenvalue weighted by Gasteiger charge is 2.41. The first-order valence-electron chi connectivity index (χ1n) is 7.22. The molecule has 7 nitrogen and oxygen atoms in total. The largest absolute Gasteiger partial charge is 0.466 e. The lowest BCUT2D eigenvalue weighted by molar-refractivity contribution is -0.141. The van der Waals surface area contributed by atoms with Gasteiger partial charge in [-0.05, 0) is 12.1 Å². The zero-order chi connectivity index (χ0) is 20.4. The number of halogens is 4. The van der Waals surface area contributed by atoms with E-state index in [9.17, 15) is 32.4 Å². The molecule has 0 unspecified atom stereocenters. The van der Waals surface area contributed by atoms with Crippen LogP contribution in [0.3, 0.4) is 0 Å². The molecule has 0 fully saturated rings. The molecule has 0 N–H and O–H groups in total. The van der Waals surface area contributed by atoms with Crippen LogP contribution in [-0.2, 0) is 30.0 Å². The van der Waals surface area contributed by atoms with Crippen LogP contribution in [0.2, 0.25) is 0 Å². The van der Waals surface area contributed by atoms with Gasteiger partial charge in [0.15, 0.2) is 0 Å². The summed E-state index contributed by atoms with van der Waals surface area (Å²) >= 11 is 0. The molecule has 1 aromatic carbocycles. The van der Waals surface area contributed by atoms with Gasteiger partial charge in [-0.3, -0.25) is 0 Å². The molecular weight excluding hydrogens is 376 g/mol. The first kappa shape index (κ1) is 20.2. The summed E-state index contributed by atoms with van der Waals surface area (Å²) < 4.78 is 68.5. The molecule has 27 heavy (non-hydrogen) atoms. The van der Waals surface area contributed by atoms with E-state index in [4.69, 9.17) is 4.74 Å². The monoisotopic (exact) mass is 388 g/mol. The summed E-state index contributed by atoms with van der Waals surface area (Å²) in [6, 6.07) is 2.25. The molecule has 1 aliphatic heterocycles. The minimum Gasteiger partial charge on any atom is -0.466 e. The maximum atomic E-state index is 14.0. The fraction of sp³-hybridized carbons (Fsp3) is 0.312. The minimum absolute atomic E-state index is 0.423. The topological polar surface area (TPSA) is 88.9 Å². The van der Waals surface area contributed by atoms with Gasteiger partial charge in [0.05, 0.1) is 37.7 Å². The maximum absolute atomic E-state index is 14.0. The number of ether oxygens (including phenoxy) is 3. The fourth-order valence-electron chi connectivity index (χ4n) is 2.50. The maximum Gasteiger partial charge on any atom is 0.418 e. The van der Waals surface area contributed by atoms with Crippen molar-refractivity contribution in [2.24, 2.45) is 0 Å². The van der Waals surface area contributed by atoms with Crippen LogP contribution in [0.4, 0.5) is 23.2 Å². The van der Waals surface area contributed by atoms with Crippen molar-refractivity contribution in [3.63, 3.8) is 0 Å². The molecule has 0 aliphatic carbocycles. The van der Waals surface area contributed by atoms with Gasteiger partial charge >= 0.3 is 18.1 Å². The Kier molecular flexibility index (Phi) is 5.70. The predicted octanol–water partition coefficient (Wildman–Crippen LogP) is 2.11. The van der Waals surface area contributed by atoms with Crippen LogP contribution in [0.15, 0.2) is 23.4 Å². The molecule has 1 heterocycles. The quantitative estimate of drug-likeness (QED) is 0.579. The number of methoxy groups -OCH3 is 2. The van der Waals surface area contributed by atoms with Crippen LogP contribution in [0.25, 0.3) is 0 Å². The van der Waals surface area contributed by atoms with E-state index >= 15 is 0 Å². The number of rotatable bonds is 3.